The Morgan fingerprint density at radius 2 is 1.81 bits per heavy atom. The average Bonchev–Trinajstić information content (AvgIpc) is 2.11. The monoisotopic (exact) mass is 303 g/mol. The van der Waals surface area contributed by atoms with Gasteiger partial charge in [0.05, 0.1) is 6.26 Å². The van der Waals surface area contributed by atoms with E-state index in [0.717, 1.165) is 17.3 Å². The number of rotatable bonds is 3. The highest BCUT2D eigenvalue weighted by Gasteiger charge is 2.31. The van der Waals surface area contributed by atoms with E-state index >= 15 is 0 Å². The zero-order valence-electron chi connectivity index (χ0n) is 8.98. The van der Waals surface area contributed by atoms with Crippen LogP contribution in [0.5, 0.6) is 0 Å². The molecule has 1 aliphatic rings. The molecule has 5 heteroatoms. The number of halogens is 1. The third-order valence-corrected chi connectivity index (χ3v) is 4.15. The van der Waals surface area contributed by atoms with Crippen molar-refractivity contribution in [3.63, 3.8) is 0 Å². The molecule has 0 aromatic heterocycles. The van der Waals surface area contributed by atoms with Gasteiger partial charge in [0.25, 0.3) is 0 Å². The van der Waals surface area contributed by atoms with Crippen molar-refractivity contribution in [2.24, 2.45) is 0 Å². The highest BCUT2D eigenvalue weighted by molar-refractivity contribution is 9.10. The summed E-state index contributed by atoms with van der Waals surface area (Å²) in [5.41, 5.74) is 1.29. The van der Waals surface area contributed by atoms with E-state index in [4.69, 9.17) is 0 Å². The molecule has 0 radical (unpaired) electrons. The molecule has 1 aromatic rings. The van der Waals surface area contributed by atoms with Crippen LogP contribution in [0.2, 0.25) is 0 Å². The van der Waals surface area contributed by atoms with Gasteiger partial charge in [0.15, 0.2) is 0 Å². The van der Waals surface area contributed by atoms with Crippen molar-refractivity contribution in [3.8, 4) is 0 Å². The number of nitrogens with one attached hydrogen (secondary N) is 1. The first-order valence-corrected chi connectivity index (χ1v) is 7.85. The number of benzene rings is 1. The zero-order chi connectivity index (χ0) is 11.8. The van der Waals surface area contributed by atoms with E-state index < -0.39 is 10.0 Å². The molecule has 1 N–H and O–H groups in total. The minimum absolute atomic E-state index is 0.114. The average molecular weight is 304 g/mol. The van der Waals surface area contributed by atoms with Gasteiger partial charge in [0.2, 0.25) is 10.0 Å². The van der Waals surface area contributed by atoms with Gasteiger partial charge < -0.3 is 0 Å². The Bertz CT molecular complexity index is 463. The SMILES string of the molecule is CS(=O)(=O)N[C@H]1C[C@H](c2ccc(Br)cc2)C1. The lowest BCUT2D eigenvalue weighted by molar-refractivity contribution is 0.327. The van der Waals surface area contributed by atoms with Gasteiger partial charge in [-0.3, -0.25) is 0 Å². The number of hydrogen-bond donors (Lipinski definition) is 1. The molecule has 3 nitrogen and oxygen atoms in total. The van der Waals surface area contributed by atoms with Crippen LogP contribution in [0, 0.1) is 0 Å². The van der Waals surface area contributed by atoms with Crippen molar-refractivity contribution in [2.75, 3.05) is 6.26 Å². The van der Waals surface area contributed by atoms with Gasteiger partial charge in [0.1, 0.15) is 0 Å². The largest absolute Gasteiger partial charge is 0.213 e. The molecule has 1 fully saturated rings. The van der Waals surface area contributed by atoms with Gasteiger partial charge in [-0.1, -0.05) is 28.1 Å². The van der Waals surface area contributed by atoms with Crippen LogP contribution in [0.25, 0.3) is 0 Å². The molecule has 88 valence electrons. The highest BCUT2D eigenvalue weighted by atomic mass is 79.9. The molecule has 1 aromatic carbocycles. The van der Waals surface area contributed by atoms with Crippen molar-refractivity contribution in [1.82, 2.24) is 4.72 Å². The topological polar surface area (TPSA) is 46.2 Å². The first-order chi connectivity index (χ1) is 7.44. The van der Waals surface area contributed by atoms with Crippen LogP contribution in [0.4, 0.5) is 0 Å². The van der Waals surface area contributed by atoms with Crippen molar-refractivity contribution < 1.29 is 8.42 Å². The Hall–Kier alpha value is -0.390. The Kier molecular flexibility index (Phi) is 3.37. The molecular weight excluding hydrogens is 290 g/mol. The minimum atomic E-state index is -3.05. The van der Waals surface area contributed by atoms with E-state index in [1.165, 1.54) is 11.8 Å². The maximum Gasteiger partial charge on any atom is 0.208 e. The molecule has 2 rings (SSSR count). The van der Waals surface area contributed by atoms with Crippen LogP contribution >= 0.6 is 15.9 Å². The van der Waals surface area contributed by atoms with Gasteiger partial charge >= 0.3 is 0 Å². The predicted octanol–water partition coefficient (Wildman–Crippen LogP) is 2.24. The highest BCUT2D eigenvalue weighted by Crippen LogP contribution is 2.37. The van der Waals surface area contributed by atoms with Gasteiger partial charge in [-0.15, -0.1) is 0 Å². The normalized spacial score (nSPS) is 25.1. The van der Waals surface area contributed by atoms with Gasteiger partial charge in [-0.25, -0.2) is 13.1 Å². The van der Waals surface area contributed by atoms with Gasteiger partial charge in [-0.2, -0.15) is 0 Å². The van der Waals surface area contributed by atoms with Crippen LogP contribution in [0.1, 0.15) is 24.3 Å². The Morgan fingerprint density at radius 3 is 2.31 bits per heavy atom. The predicted molar refractivity (Wildman–Crippen MR) is 67.9 cm³/mol. The van der Waals surface area contributed by atoms with E-state index in [1.54, 1.807) is 0 Å². The Balaban J connectivity index is 1.91. The molecule has 0 atom stereocenters. The molecule has 16 heavy (non-hydrogen) atoms. The fourth-order valence-corrected chi connectivity index (χ4v) is 3.09. The third kappa shape index (κ3) is 3.06. The second-order valence-electron chi connectivity index (χ2n) is 4.31. The molecular formula is C11H14BrNO2S. The molecule has 0 amide bonds. The summed E-state index contributed by atoms with van der Waals surface area (Å²) < 4.78 is 25.7. The van der Waals surface area contributed by atoms with E-state index in [-0.39, 0.29) is 6.04 Å². The minimum Gasteiger partial charge on any atom is -0.213 e. The summed E-state index contributed by atoms with van der Waals surface area (Å²) in [6.45, 7) is 0. The number of hydrogen-bond acceptors (Lipinski definition) is 2. The van der Waals surface area contributed by atoms with Crippen molar-refractivity contribution in [3.05, 3.63) is 34.3 Å². The summed E-state index contributed by atoms with van der Waals surface area (Å²) in [6, 6.07) is 8.33. The van der Waals surface area contributed by atoms with Crippen LogP contribution in [0.3, 0.4) is 0 Å². The summed E-state index contributed by atoms with van der Waals surface area (Å²) in [6.07, 6.45) is 3.00. The molecule has 0 aliphatic heterocycles. The molecule has 0 heterocycles. The van der Waals surface area contributed by atoms with Crippen molar-refractivity contribution >= 4 is 26.0 Å². The summed E-state index contributed by atoms with van der Waals surface area (Å²) >= 11 is 3.39. The van der Waals surface area contributed by atoms with Crippen molar-refractivity contribution in [2.45, 2.75) is 24.8 Å². The second-order valence-corrected chi connectivity index (χ2v) is 7.00. The maximum absolute atomic E-state index is 11.0. The Morgan fingerprint density at radius 1 is 1.25 bits per heavy atom. The zero-order valence-corrected chi connectivity index (χ0v) is 11.4. The molecule has 1 aliphatic carbocycles. The fourth-order valence-electron chi connectivity index (χ4n) is 2.02. The summed E-state index contributed by atoms with van der Waals surface area (Å²) in [7, 11) is -3.05. The van der Waals surface area contributed by atoms with Crippen molar-refractivity contribution in [1.29, 1.82) is 0 Å². The number of sulfonamides is 1. The van der Waals surface area contributed by atoms with E-state index in [2.05, 4.69) is 32.8 Å². The van der Waals surface area contributed by atoms with E-state index in [0.29, 0.717) is 5.92 Å². The fraction of sp³-hybridized carbons (Fsp3) is 0.455. The summed E-state index contributed by atoms with van der Waals surface area (Å²) in [4.78, 5) is 0. The first-order valence-electron chi connectivity index (χ1n) is 5.17. The third-order valence-electron chi connectivity index (χ3n) is 2.86. The smallest absolute Gasteiger partial charge is 0.208 e. The van der Waals surface area contributed by atoms with Crippen LogP contribution in [-0.4, -0.2) is 20.7 Å². The van der Waals surface area contributed by atoms with Crippen LogP contribution in [0.15, 0.2) is 28.7 Å². The van der Waals surface area contributed by atoms with Gasteiger partial charge in [0, 0.05) is 10.5 Å². The summed E-state index contributed by atoms with van der Waals surface area (Å²) in [5.74, 6) is 0.493. The molecule has 0 saturated heterocycles. The van der Waals surface area contributed by atoms with Crippen LogP contribution < -0.4 is 4.72 Å². The molecule has 0 spiro atoms. The second kappa shape index (κ2) is 4.47. The maximum atomic E-state index is 11.0. The molecule has 0 bridgehead atoms. The van der Waals surface area contributed by atoms with Crippen LogP contribution in [-0.2, 0) is 10.0 Å². The standard InChI is InChI=1S/C11H14BrNO2S/c1-16(14,15)13-11-6-9(7-11)8-2-4-10(12)5-3-8/h2-5,9,11,13H,6-7H2,1H3/t9-,11-. The summed E-state index contributed by atoms with van der Waals surface area (Å²) in [5, 5.41) is 0. The lowest BCUT2D eigenvalue weighted by Gasteiger charge is -2.35. The lowest BCUT2D eigenvalue weighted by Crippen LogP contribution is -2.42. The quantitative estimate of drug-likeness (QED) is 0.931. The first kappa shape index (κ1) is 12.1. The van der Waals surface area contributed by atoms with E-state index in [1.807, 2.05) is 12.1 Å². The molecule has 1 saturated carbocycles. The van der Waals surface area contributed by atoms with E-state index in [9.17, 15) is 8.42 Å². The molecule has 0 unspecified atom stereocenters. The Labute approximate surface area is 104 Å². The lowest BCUT2D eigenvalue weighted by atomic mass is 9.76. The van der Waals surface area contributed by atoms with Gasteiger partial charge in [-0.05, 0) is 36.5 Å².